The lowest BCUT2D eigenvalue weighted by Crippen LogP contribution is -2.32. The third kappa shape index (κ3) is 4.97. The maximum Gasteiger partial charge on any atom is 0.320 e. The number of aliphatic carboxylic acids is 1. The second kappa shape index (κ2) is 5.29. The Bertz CT molecular complexity index is 457. The minimum absolute atomic E-state index is 0.00848. The normalized spacial score (nSPS) is 13.1. The number of rotatable bonds is 5. The van der Waals surface area contributed by atoms with Gasteiger partial charge in [0, 0.05) is 0 Å². The number of hydrogen-bond donors (Lipinski definition) is 2. The van der Waals surface area contributed by atoms with E-state index in [0.29, 0.717) is 5.56 Å². The summed E-state index contributed by atoms with van der Waals surface area (Å²) in [6.45, 7) is 0. The van der Waals surface area contributed by atoms with E-state index < -0.39 is 19.8 Å². The van der Waals surface area contributed by atoms with Crippen LogP contribution in [-0.4, -0.2) is 17.1 Å². The molecule has 0 saturated carbocycles. The van der Waals surface area contributed by atoms with Gasteiger partial charge in [0.15, 0.2) is 0 Å². The van der Waals surface area contributed by atoms with Gasteiger partial charge in [-0.2, -0.15) is 0 Å². The second-order valence-corrected chi connectivity index (χ2v) is 4.41. The molecule has 0 aliphatic carbocycles. The third-order valence-corrected chi connectivity index (χ3v) is 2.32. The standard InChI is InChI=1S/C9H12NO6P/c10-8(9(11)12)5-6-2-1-3-7(4-6)16-17(13,14)15/h1-4,8H,5,10H2,(H,11,12)(H2,13,14,15)/p-2/t8-/m0/s1. The van der Waals surface area contributed by atoms with Crippen LogP contribution in [0, 0.1) is 0 Å². The van der Waals surface area contributed by atoms with Gasteiger partial charge in [0.05, 0.1) is 0 Å². The van der Waals surface area contributed by atoms with Crippen LogP contribution in [-0.2, 0) is 15.8 Å². The van der Waals surface area contributed by atoms with Crippen molar-refractivity contribution in [2.24, 2.45) is 5.73 Å². The zero-order valence-corrected chi connectivity index (χ0v) is 9.50. The Labute approximate surface area is 97.1 Å². The summed E-state index contributed by atoms with van der Waals surface area (Å²) in [5.74, 6) is -1.33. The van der Waals surface area contributed by atoms with Crippen molar-refractivity contribution in [3.8, 4) is 5.75 Å². The monoisotopic (exact) mass is 259 g/mol. The lowest BCUT2D eigenvalue weighted by Gasteiger charge is -2.29. The van der Waals surface area contributed by atoms with Crippen molar-refractivity contribution in [3.05, 3.63) is 29.8 Å². The van der Waals surface area contributed by atoms with E-state index in [0.717, 1.165) is 0 Å². The van der Waals surface area contributed by atoms with Crippen molar-refractivity contribution in [2.45, 2.75) is 12.5 Å². The van der Waals surface area contributed by atoms with Gasteiger partial charge in [0.25, 0.3) is 0 Å². The van der Waals surface area contributed by atoms with Gasteiger partial charge in [-0.3, -0.25) is 4.79 Å². The van der Waals surface area contributed by atoms with Gasteiger partial charge in [-0.25, -0.2) is 0 Å². The van der Waals surface area contributed by atoms with E-state index in [9.17, 15) is 19.1 Å². The third-order valence-electron chi connectivity index (χ3n) is 1.89. The summed E-state index contributed by atoms with van der Waals surface area (Å²) < 4.78 is 14.5. The molecule has 0 bridgehead atoms. The Morgan fingerprint density at radius 1 is 1.53 bits per heavy atom. The molecule has 0 unspecified atom stereocenters. The van der Waals surface area contributed by atoms with Crippen LogP contribution in [0.3, 0.4) is 0 Å². The molecule has 0 aliphatic heterocycles. The number of phosphoric ester groups is 1. The van der Waals surface area contributed by atoms with E-state index in [1.807, 2.05) is 0 Å². The predicted molar refractivity (Wildman–Crippen MR) is 54.0 cm³/mol. The van der Waals surface area contributed by atoms with E-state index in [1.54, 1.807) is 6.07 Å². The molecule has 1 rings (SSSR count). The molecule has 17 heavy (non-hydrogen) atoms. The van der Waals surface area contributed by atoms with Crippen molar-refractivity contribution in [3.63, 3.8) is 0 Å². The molecule has 7 nitrogen and oxygen atoms in total. The molecule has 8 heteroatoms. The van der Waals surface area contributed by atoms with E-state index in [2.05, 4.69) is 4.52 Å². The first kappa shape index (κ1) is 13.7. The summed E-state index contributed by atoms with van der Waals surface area (Å²) in [6, 6.07) is 4.42. The first-order chi connectivity index (χ1) is 7.78. The number of nitrogens with two attached hydrogens (primary N) is 1. The van der Waals surface area contributed by atoms with Gasteiger partial charge in [0.2, 0.25) is 0 Å². The van der Waals surface area contributed by atoms with Crippen LogP contribution >= 0.6 is 7.82 Å². The van der Waals surface area contributed by atoms with E-state index >= 15 is 0 Å². The fourth-order valence-corrected chi connectivity index (χ4v) is 1.57. The summed E-state index contributed by atoms with van der Waals surface area (Å²) in [4.78, 5) is 31.3. The summed E-state index contributed by atoms with van der Waals surface area (Å²) in [7, 11) is -5.11. The van der Waals surface area contributed by atoms with Crippen LogP contribution in [0.1, 0.15) is 5.56 Å². The number of phosphoric acid groups is 1. The summed E-state index contributed by atoms with van der Waals surface area (Å²) >= 11 is 0. The molecule has 0 amide bonds. The first-order valence-corrected chi connectivity index (χ1v) is 6.03. The minimum atomic E-state index is -5.11. The zero-order valence-electron chi connectivity index (χ0n) is 8.61. The van der Waals surface area contributed by atoms with Crippen LogP contribution in [0.5, 0.6) is 5.75 Å². The largest absolute Gasteiger partial charge is 0.780 e. The Morgan fingerprint density at radius 3 is 2.71 bits per heavy atom. The molecule has 3 N–H and O–H groups in total. The summed E-state index contributed by atoms with van der Waals surface area (Å²) in [5, 5.41) is 8.60. The molecule has 0 heterocycles. The molecule has 94 valence electrons. The van der Waals surface area contributed by atoms with Crippen molar-refractivity contribution in [2.75, 3.05) is 0 Å². The van der Waals surface area contributed by atoms with Crippen LogP contribution in [0.25, 0.3) is 0 Å². The van der Waals surface area contributed by atoms with Gasteiger partial charge in [-0.05, 0) is 24.1 Å². The first-order valence-electron chi connectivity index (χ1n) is 4.57. The Kier molecular flexibility index (Phi) is 4.25. The van der Waals surface area contributed by atoms with Crippen molar-refractivity contribution >= 4 is 13.8 Å². The lowest BCUT2D eigenvalue weighted by atomic mass is 10.1. The highest BCUT2D eigenvalue weighted by molar-refractivity contribution is 7.43. The van der Waals surface area contributed by atoms with Gasteiger partial charge in [-0.1, -0.05) is 12.1 Å². The minimum Gasteiger partial charge on any atom is -0.780 e. The number of hydrogen-bond acceptors (Lipinski definition) is 6. The van der Waals surface area contributed by atoms with Gasteiger partial charge >= 0.3 is 5.97 Å². The maximum atomic E-state index is 10.5. The molecule has 0 fully saturated rings. The van der Waals surface area contributed by atoms with Crippen molar-refractivity contribution < 1.29 is 28.8 Å². The Morgan fingerprint density at radius 2 is 2.18 bits per heavy atom. The molecule has 1 aromatic rings. The van der Waals surface area contributed by atoms with Crippen LogP contribution in [0.15, 0.2) is 24.3 Å². The molecular weight excluding hydrogens is 249 g/mol. The number of benzene rings is 1. The predicted octanol–water partition coefficient (Wildman–Crippen LogP) is -1.15. The molecule has 0 aromatic heterocycles. The van der Waals surface area contributed by atoms with E-state index in [1.165, 1.54) is 18.2 Å². The highest BCUT2D eigenvalue weighted by atomic mass is 31.2. The zero-order chi connectivity index (χ0) is 13.1. The summed E-state index contributed by atoms with van der Waals surface area (Å²) in [5.41, 5.74) is 5.77. The van der Waals surface area contributed by atoms with E-state index in [-0.39, 0.29) is 12.2 Å². The molecule has 0 saturated heterocycles. The number of carbonyl (C=O) groups is 1. The average Bonchev–Trinajstić information content (AvgIpc) is 2.15. The average molecular weight is 259 g/mol. The van der Waals surface area contributed by atoms with Crippen LogP contribution in [0.4, 0.5) is 0 Å². The molecule has 0 aliphatic rings. The Hall–Kier alpha value is -1.40. The van der Waals surface area contributed by atoms with Crippen LogP contribution in [0.2, 0.25) is 0 Å². The number of carboxylic acid groups (broad SMARTS) is 1. The molecule has 0 radical (unpaired) electrons. The topological polar surface area (TPSA) is 136 Å². The molecular formula is C9H10NO6P-2. The smallest absolute Gasteiger partial charge is 0.320 e. The Balaban J connectivity index is 2.79. The highest BCUT2D eigenvalue weighted by Crippen LogP contribution is 2.29. The number of carboxylic acids is 1. The van der Waals surface area contributed by atoms with Crippen LogP contribution < -0.4 is 20.0 Å². The van der Waals surface area contributed by atoms with Gasteiger partial charge in [-0.15, -0.1) is 0 Å². The van der Waals surface area contributed by atoms with Crippen molar-refractivity contribution in [1.29, 1.82) is 0 Å². The summed E-state index contributed by atoms with van der Waals surface area (Å²) in [6.07, 6.45) is 0.00848. The SMILES string of the molecule is N[C@@H](Cc1cccc(OP(=O)([O-])[O-])c1)C(=O)O. The highest BCUT2D eigenvalue weighted by Gasteiger charge is 2.12. The van der Waals surface area contributed by atoms with Crippen molar-refractivity contribution in [1.82, 2.24) is 0 Å². The van der Waals surface area contributed by atoms with Gasteiger partial charge in [0.1, 0.15) is 19.6 Å². The fraction of sp³-hybridized carbons (Fsp3) is 0.222. The second-order valence-electron chi connectivity index (χ2n) is 3.33. The lowest BCUT2D eigenvalue weighted by molar-refractivity contribution is -0.333. The van der Waals surface area contributed by atoms with E-state index in [4.69, 9.17) is 10.8 Å². The molecule has 1 atom stereocenters. The maximum absolute atomic E-state index is 10.5. The quantitative estimate of drug-likeness (QED) is 0.637. The van der Waals surface area contributed by atoms with Gasteiger partial charge < -0.3 is 29.7 Å². The molecule has 0 spiro atoms. The fourth-order valence-electron chi connectivity index (χ4n) is 1.20. The molecule has 1 aromatic carbocycles.